The van der Waals surface area contributed by atoms with Crippen molar-refractivity contribution in [2.75, 3.05) is 6.54 Å². The number of aryl methyl sites for hydroxylation is 1. The van der Waals surface area contributed by atoms with Gasteiger partial charge < -0.3 is 10.1 Å². The van der Waals surface area contributed by atoms with E-state index in [9.17, 15) is 14.0 Å². The molecule has 0 spiro atoms. The smallest absolute Gasteiger partial charge is 0.270 e. The number of benzene rings is 1. The van der Waals surface area contributed by atoms with E-state index in [1.807, 2.05) is 13.0 Å². The number of amides is 1. The number of hydrogen-bond acceptors (Lipinski definition) is 5. The van der Waals surface area contributed by atoms with E-state index >= 15 is 0 Å². The zero-order valence-electron chi connectivity index (χ0n) is 16.0. The first-order chi connectivity index (χ1) is 13.9. The first-order valence-corrected chi connectivity index (χ1v) is 10.0. The van der Waals surface area contributed by atoms with Gasteiger partial charge in [0.2, 0.25) is 0 Å². The highest BCUT2D eigenvalue weighted by atomic mass is 32.1. The molecule has 1 amide bonds. The average Bonchev–Trinajstić information content (AvgIpc) is 3.32. The number of thiophene rings is 1. The van der Waals surface area contributed by atoms with E-state index in [1.165, 1.54) is 30.4 Å². The summed E-state index contributed by atoms with van der Waals surface area (Å²) in [4.78, 5) is 29.5. The van der Waals surface area contributed by atoms with Crippen molar-refractivity contribution >= 4 is 23.0 Å². The first-order valence-electron chi connectivity index (χ1n) is 9.23. The molecule has 1 aliphatic heterocycles. The van der Waals surface area contributed by atoms with Crippen molar-refractivity contribution in [1.82, 2.24) is 10.3 Å². The third-order valence-corrected chi connectivity index (χ3v) is 5.91. The summed E-state index contributed by atoms with van der Waals surface area (Å²) in [5, 5.41) is 2.83. The van der Waals surface area contributed by atoms with Crippen LogP contribution >= 0.6 is 11.3 Å². The summed E-state index contributed by atoms with van der Waals surface area (Å²) in [6, 6.07) is 11.7. The van der Waals surface area contributed by atoms with Crippen LogP contribution in [0.1, 0.15) is 38.3 Å². The minimum atomic E-state index is -0.353. The molecule has 1 N–H and O–H groups in total. The zero-order chi connectivity index (χ0) is 20.5. The van der Waals surface area contributed by atoms with Gasteiger partial charge in [-0.2, -0.15) is 0 Å². The van der Waals surface area contributed by atoms with Crippen LogP contribution in [-0.2, 0) is 6.42 Å². The number of hydrogen-bond donors (Lipinski definition) is 1. The SMILES string of the molecule is CC(=O)c1ccc(-c2cc(F)cc3c2O[C@@H](CNC(=O)c2cccc(C)n2)C3)s1. The van der Waals surface area contributed by atoms with Gasteiger partial charge in [-0.25, -0.2) is 9.37 Å². The normalized spacial score (nSPS) is 14.9. The van der Waals surface area contributed by atoms with Crippen molar-refractivity contribution in [1.29, 1.82) is 0 Å². The number of ether oxygens (including phenoxy) is 1. The van der Waals surface area contributed by atoms with E-state index < -0.39 is 0 Å². The van der Waals surface area contributed by atoms with E-state index in [1.54, 1.807) is 24.3 Å². The fourth-order valence-corrected chi connectivity index (χ4v) is 4.24. The number of fused-ring (bicyclic) bond motifs is 1. The van der Waals surface area contributed by atoms with Gasteiger partial charge in [-0.1, -0.05) is 6.07 Å². The Labute approximate surface area is 171 Å². The summed E-state index contributed by atoms with van der Waals surface area (Å²) in [7, 11) is 0. The van der Waals surface area contributed by atoms with Gasteiger partial charge >= 0.3 is 0 Å². The second-order valence-electron chi connectivity index (χ2n) is 6.98. The van der Waals surface area contributed by atoms with Crippen LogP contribution in [0.5, 0.6) is 5.75 Å². The van der Waals surface area contributed by atoms with Gasteiger partial charge in [0.05, 0.1) is 11.4 Å². The fourth-order valence-electron chi connectivity index (χ4n) is 3.33. The molecule has 148 valence electrons. The molecule has 1 aliphatic rings. The second-order valence-corrected chi connectivity index (χ2v) is 8.06. The number of carbonyl (C=O) groups is 2. The Bertz CT molecular complexity index is 1110. The lowest BCUT2D eigenvalue weighted by Crippen LogP contribution is -2.34. The topological polar surface area (TPSA) is 68.3 Å². The van der Waals surface area contributed by atoms with Gasteiger partial charge in [0.25, 0.3) is 5.91 Å². The van der Waals surface area contributed by atoms with E-state index in [4.69, 9.17) is 4.74 Å². The number of aromatic nitrogens is 1. The lowest BCUT2D eigenvalue weighted by Gasteiger charge is -2.13. The van der Waals surface area contributed by atoms with Crippen molar-refractivity contribution in [3.8, 4) is 16.2 Å². The summed E-state index contributed by atoms with van der Waals surface area (Å²) in [5.74, 6) is -0.0466. The Morgan fingerprint density at radius 1 is 1.28 bits per heavy atom. The molecule has 0 saturated heterocycles. The van der Waals surface area contributed by atoms with Crippen molar-refractivity contribution in [2.24, 2.45) is 0 Å². The molecule has 7 heteroatoms. The predicted molar refractivity (Wildman–Crippen MR) is 109 cm³/mol. The lowest BCUT2D eigenvalue weighted by molar-refractivity contribution is 0.0928. The Hall–Kier alpha value is -3.06. The van der Waals surface area contributed by atoms with Crippen molar-refractivity contribution < 1.29 is 18.7 Å². The van der Waals surface area contributed by atoms with Gasteiger partial charge in [-0.05, 0) is 50.2 Å². The molecule has 1 atom stereocenters. The van der Waals surface area contributed by atoms with Crippen LogP contribution in [0, 0.1) is 12.7 Å². The number of Topliss-reactive ketones (excluding diaryl/α,β-unsaturated/α-hetero) is 1. The van der Waals surface area contributed by atoms with Gasteiger partial charge in [0.1, 0.15) is 23.4 Å². The molecule has 0 aliphatic carbocycles. The summed E-state index contributed by atoms with van der Waals surface area (Å²) in [5.41, 5.74) is 2.50. The number of nitrogens with zero attached hydrogens (tertiary/aromatic N) is 1. The summed E-state index contributed by atoms with van der Waals surface area (Å²) < 4.78 is 20.2. The maximum Gasteiger partial charge on any atom is 0.270 e. The molecular weight excluding hydrogens is 391 g/mol. The van der Waals surface area contributed by atoms with Crippen LogP contribution in [0.25, 0.3) is 10.4 Å². The molecule has 0 radical (unpaired) electrons. The quantitative estimate of drug-likeness (QED) is 0.641. The van der Waals surface area contributed by atoms with Gasteiger partial charge in [-0.15, -0.1) is 11.3 Å². The van der Waals surface area contributed by atoms with Gasteiger partial charge in [-0.3, -0.25) is 9.59 Å². The number of carbonyl (C=O) groups excluding carboxylic acids is 2. The molecule has 0 unspecified atom stereocenters. The minimum Gasteiger partial charge on any atom is -0.487 e. The molecule has 3 heterocycles. The van der Waals surface area contributed by atoms with Crippen molar-refractivity contribution in [3.63, 3.8) is 0 Å². The molecule has 29 heavy (non-hydrogen) atoms. The highest BCUT2D eigenvalue weighted by Crippen LogP contribution is 2.42. The lowest BCUT2D eigenvalue weighted by atomic mass is 10.0. The minimum absolute atomic E-state index is 0.0273. The largest absolute Gasteiger partial charge is 0.487 e. The van der Waals surface area contributed by atoms with Crippen LogP contribution in [0.3, 0.4) is 0 Å². The van der Waals surface area contributed by atoms with E-state index in [-0.39, 0.29) is 30.2 Å². The molecule has 3 aromatic rings. The second kappa shape index (κ2) is 7.75. The van der Waals surface area contributed by atoms with Crippen LogP contribution in [0.2, 0.25) is 0 Å². The highest BCUT2D eigenvalue weighted by molar-refractivity contribution is 7.17. The number of halogens is 1. The summed E-state index contributed by atoms with van der Waals surface area (Å²) in [6.07, 6.45) is 0.193. The first kappa shape index (κ1) is 19.3. The number of nitrogens with one attached hydrogen (secondary N) is 1. The molecular formula is C22H19FN2O3S. The van der Waals surface area contributed by atoms with Crippen LogP contribution < -0.4 is 10.1 Å². The number of rotatable bonds is 5. The molecule has 0 saturated carbocycles. The number of ketones is 1. The molecule has 0 fully saturated rings. The monoisotopic (exact) mass is 410 g/mol. The van der Waals surface area contributed by atoms with E-state index in [0.717, 1.165) is 16.1 Å². The fraction of sp³-hybridized carbons (Fsp3) is 0.227. The Morgan fingerprint density at radius 3 is 2.83 bits per heavy atom. The Kier molecular flexibility index (Phi) is 5.15. The maximum absolute atomic E-state index is 14.2. The average molecular weight is 410 g/mol. The molecule has 2 aromatic heterocycles. The van der Waals surface area contributed by atoms with Crippen LogP contribution in [-0.4, -0.2) is 29.3 Å². The molecule has 1 aromatic carbocycles. The van der Waals surface area contributed by atoms with Crippen molar-refractivity contribution in [3.05, 3.63) is 70.1 Å². The maximum atomic E-state index is 14.2. The molecule has 5 nitrogen and oxygen atoms in total. The van der Waals surface area contributed by atoms with Gasteiger partial charge in [0, 0.05) is 28.1 Å². The molecule has 4 rings (SSSR count). The predicted octanol–water partition coefficient (Wildman–Crippen LogP) is 4.19. The Morgan fingerprint density at radius 2 is 2.10 bits per heavy atom. The Balaban J connectivity index is 1.50. The third kappa shape index (κ3) is 4.05. The standard InChI is InChI=1S/C22H19FN2O3S/c1-12-4-3-5-18(25-12)22(27)24-11-16-9-14-8-15(23)10-17(21(14)28-16)20-7-6-19(29-20)13(2)26/h3-8,10,16H,9,11H2,1-2H3,(H,24,27)/t16-/m1/s1. The summed E-state index contributed by atoms with van der Waals surface area (Å²) in [6.45, 7) is 3.61. The van der Waals surface area contributed by atoms with E-state index in [2.05, 4.69) is 10.3 Å². The van der Waals surface area contributed by atoms with E-state index in [0.29, 0.717) is 28.3 Å². The van der Waals surface area contributed by atoms with Gasteiger partial charge in [0.15, 0.2) is 5.78 Å². The third-order valence-electron chi connectivity index (χ3n) is 4.69. The highest BCUT2D eigenvalue weighted by Gasteiger charge is 2.28. The zero-order valence-corrected chi connectivity index (χ0v) is 16.8. The van der Waals surface area contributed by atoms with Crippen LogP contribution in [0.15, 0.2) is 42.5 Å². The van der Waals surface area contributed by atoms with Crippen LogP contribution in [0.4, 0.5) is 4.39 Å². The molecule has 0 bridgehead atoms. The number of pyridine rings is 1. The summed E-state index contributed by atoms with van der Waals surface area (Å²) >= 11 is 1.31. The van der Waals surface area contributed by atoms with Crippen molar-refractivity contribution in [2.45, 2.75) is 26.4 Å².